The van der Waals surface area contributed by atoms with Gasteiger partial charge in [-0.15, -0.1) is 0 Å². The normalized spacial score (nSPS) is 13.9. The first-order valence-corrected chi connectivity index (χ1v) is 45.5. The first-order valence-electron chi connectivity index (χ1n) is 42.5. The number of phosphoric ester groups is 2. The van der Waals surface area contributed by atoms with E-state index < -0.39 is 97.5 Å². The van der Waals surface area contributed by atoms with Crippen LogP contribution >= 0.6 is 15.6 Å². The summed E-state index contributed by atoms with van der Waals surface area (Å²) in [6.07, 6.45) is 63.9. The highest BCUT2D eigenvalue weighted by Gasteiger charge is 2.30. The number of hydrogen-bond donors (Lipinski definition) is 3. The van der Waals surface area contributed by atoms with Crippen LogP contribution in [0.15, 0.2) is 0 Å². The first-order chi connectivity index (χ1) is 48.9. The molecule has 0 aromatic heterocycles. The Bertz CT molecular complexity index is 1940. The molecular weight excluding hydrogens is 1320 g/mol. The van der Waals surface area contributed by atoms with Crippen LogP contribution in [0.2, 0.25) is 0 Å². The molecule has 0 saturated heterocycles. The molecule has 0 spiro atoms. The monoisotopic (exact) mass is 1480 g/mol. The Labute approximate surface area is 619 Å². The van der Waals surface area contributed by atoms with Gasteiger partial charge in [-0.2, -0.15) is 0 Å². The molecular formula is C82H160O17P2. The van der Waals surface area contributed by atoms with E-state index in [2.05, 4.69) is 41.5 Å². The van der Waals surface area contributed by atoms with E-state index in [1.54, 1.807) is 0 Å². The number of rotatable bonds is 81. The average molecular weight is 1480 g/mol. The highest BCUT2D eigenvalue weighted by molar-refractivity contribution is 7.47. The smallest absolute Gasteiger partial charge is 0.462 e. The molecule has 0 amide bonds. The lowest BCUT2D eigenvalue weighted by Crippen LogP contribution is -2.30. The van der Waals surface area contributed by atoms with Gasteiger partial charge in [-0.3, -0.25) is 37.3 Å². The summed E-state index contributed by atoms with van der Waals surface area (Å²) in [5.74, 6) is -0.607. The van der Waals surface area contributed by atoms with E-state index >= 15 is 0 Å². The van der Waals surface area contributed by atoms with Crippen LogP contribution in [0.4, 0.5) is 0 Å². The van der Waals surface area contributed by atoms with Crippen LogP contribution in [-0.2, 0) is 65.4 Å². The molecule has 0 aliphatic carbocycles. The van der Waals surface area contributed by atoms with E-state index in [0.29, 0.717) is 31.6 Å². The Hall–Kier alpha value is -1.94. The lowest BCUT2D eigenvalue weighted by atomic mass is 10.0. The van der Waals surface area contributed by atoms with Crippen molar-refractivity contribution in [2.24, 2.45) is 11.8 Å². The Morgan fingerprint density at radius 3 is 0.673 bits per heavy atom. The lowest BCUT2D eigenvalue weighted by molar-refractivity contribution is -0.161. The summed E-state index contributed by atoms with van der Waals surface area (Å²) in [6, 6.07) is 0. The summed E-state index contributed by atoms with van der Waals surface area (Å²) in [4.78, 5) is 73.1. The zero-order valence-electron chi connectivity index (χ0n) is 66.2. The Kier molecular flexibility index (Phi) is 72.2. The summed E-state index contributed by atoms with van der Waals surface area (Å²) in [7, 11) is -9.92. The van der Waals surface area contributed by atoms with Crippen molar-refractivity contribution in [3.63, 3.8) is 0 Å². The number of hydrogen-bond acceptors (Lipinski definition) is 15. The fourth-order valence-corrected chi connectivity index (χ4v) is 14.3. The van der Waals surface area contributed by atoms with Gasteiger partial charge in [0.2, 0.25) is 0 Å². The minimum Gasteiger partial charge on any atom is -0.462 e. The number of phosphoric acid groups is 2. The number of esters is 4. The third-order valence-corrected chi connectivity index (χ3v) is 21.1. The van der Waals surface area contributed by atoms with Crippen LogP contribution in [-0.4, -0.2) is 96.7 Å². The van der Waals surface area contributed by atoms with E-state index in [0.717, 1.165) is 102 Å². The van der Waals surface area contributed by atoms with Crippen molar-refractivity contribution in [2.75, 3.05) is 39.6 Å². The summed E-state index contributed by atoms with van der Waals surface area (Å²) in [6.45, 7) is 9.62. The molecule has 0 bridgehead atoms. The van der Waals surface area contributed by atoms with Crippen LogP contribution in [0.1, 0.15) is 433 Å². The van der Waals surface area contributed by atoms with Gasteiger partial charge in [-0.05, 0) is 37.5 Å². The van der Waals surface area contributed by atoms with Crippen molar-refractivity contribution < 1.29 is 80.2 Å². The van der Waals surface area contributed by atoms with Gasteiger partial charge in [0.05, 0.1) is 26.4 Å². The molecule has 2 unspecified atom stereocenters. The summed E-state index contributed by atoms with van der Waals surface area (Å²) >= 11 is 0. The number of aliphatic hydroxyl groups excluding tert-OH is 1. The molecule has 0 rings (SSSR count). The number of aliphatic hydroxyl groups is 1. The van der Waals surface area contributed by atoms with Gasteiger partial charge in [0.1, 0.15) is 19.3 Å². The molecule has 5 atom stereocenters. The molecule has 0 aromatic rings. The average Bonchev–Trinajstić information content (AvgIpc) is 0.938. The van der Waals surface area contributed by atoms with Gasteiger partial charge in [0, 0.05) is 25.7 Å². The Morgan fingerprint density at radius 2 is 0.455 bits per heavy atom. The molecule has 101 heavy (non-hydrogen) atoms. The SMILES string of the molecule is CCCCCCCCCCCCCCCCCCCC(=O)OC[C@H](COP(=O)(O)OC[C@@H](O)COP(=O)(O)OC[C@@H](COC(=O)CCCCCCCCCC(C)C)OC(=O)CCCCCCCCCCCCCCCCCCC)OC(=O)CCCCCCCCCCCCCCCCC(C)C. The van der Waals surface area contributed by atoms with E-state index in [-0.39, 0.29) is 25.7 Å². The quantitative estimate of drug-likeness (QED) is 0.0222. The largest absolute Gasteiger partial charge is 0.472 e. The molecule has 0 radical (unpaired) electrons. The zero-order chi connectivity index (χ0) is 74.2. The Morgan fingerprint density at radius 1 is 0.267 bits per heavy atom. The van der Waals surface area contributed by atoms with Gasteiger partial charge < -0.3 is 33.8 Å². The van der Waals surface area contributed by atoms with Gasteiger partial charge in [0.15, 0.2) is 12.2 Å². The van der Waals surface area contributed by atoms with Crippen molar-refractivity contribution in [1.29, 1.82) is 0 Å². The molecule has 0 heterocycles. The molecule has 3 N–H and O–H groups in total. The molecule has 19 heteroatoms. The summed E-state index contributed by atoms with van der Waals surface area (Å²) in [5, 5.41) is 10.7. The zero-order valence-corrected chi connectivity index (χ0v) is 68.0. The van der Waals surface area contributed by atoms with Gasteiger partial charge >= 0.3 is 39.5 Å². The van der Waals surface area contributed by atoms with Crippen LogP contribution in [0, 0.1) is 11.8 Å². The molecule has 600 valence electrons. The third-order valence-electron chi connectivity index (χ3n) is 19.2. The van der Waals surface area contributed by atoms with Gasteiger partial charge in [-0.1, -0.05) is 382 Å². The van der Waals surface area contributed by atoms with Crippen molar-refractivity contribution in [3.8, 4) is 0 Å². The van der Waals surface area contributed by atoms with E-state index in [4.69, 9.17) is 37.0 Å². The van der Waals surface area contributed by atoms with Crippen molar-refractivity contribution in [1.82, 2.24) is 0 Å². The molecule has 0 aromatic carbocycles. The maximum atomic E-state index is 13.1. The second kappa shape index (κ2) is 73.6. The number of ether oxygens (including phenoxy) is 4. The van der Waals surface area contributed by atoms with Gasteiger partial charge in [0.25, 0.3) is 0 Å². The molecule has 0 aliphatic heterocycles. The predicted octanol–water partition coefficient (Wildman–Crippen LogP) is 24.7. The standard InChI is InChI=1S/C82H160O17P2/c1-7-9-11-13-15-17-19-21-23-25-27-32-36-40-46-52-58-64-79(84)92-70-77(98-81(86)67-61-55-48-42-38-34-30-29-31-35-39-44-50-56-62-74(3)4)72-96-100(88,89)94-68-76(83)69-95-101(90,91)97-73-78(71-93-80(85)65-59-53-49-43-45-51-57-63-75(5)6)99-82(87)66-60-54-47-41-37-33-28-26-24-22-20-18-16-14-12-10-8-2/h74-78,83H,7-73H2,1-6H3,(H,88,89)(H,90,91)/t76-,77-,78-/m1/s1. The fourth-order valence-electron chi connectivity index (χ4n) is 12.7. The van der Waals surface area contributed by atoms with Crippen molar-refractivity contribution in [3.05, 3.63) is 0 Å². The predicted molar refractivity (Wildman–Crippen MR) is 414 cm³/mol. The highest BCUT2D eigenvalue weighted by Crippen LogP contribution is 2.45. The molecule has 0 fully saturated rings. The molecule has 0 aliphatic rings. The third kappa shape index (κ3) is 76.1. The maximum absolute atomic E-state index is 13.1. The fraction of sp³-hybridized carbons (Fsp3) is 0.951. The lowest BCUT2D eigenvalue weighted by Gasteiger charge is -2.21. The second-order valence-electron chi connectivity index (χ2n) is 30.5. The van der Waals surface area contributed by atoms with Gasteiger partial charge in [-0.25, -0.2) is 9.13 Å². The van der Waals surface area contributed by atoms with Crippen LogP contribution in [0.3, 0.4) is 0 Å². The van der Waals surface area contributed by atoms with Crippen LogP contribution < -0.4 is 0 Å². The maximum Gasteiger partial charge on any atom is 0.472 e. The van der Waals surface area contributed by atoms with Crippen LogP contribution in [0.5, 0.6) is 0 Å². The van der Waals surface area contributed by atoms with Crippen molar-refractivity contribution >= 4 is 39.5 Å². The molecule has 17 nitrogen and oxygen atoms in total. The van der Waals surface area contributed by atoms with E-state index in [1.807, 2.05) is 0 Å². The Balaban J connectivity index is 5.24. The number of carbonyl (C=O) groups excluding carboxylic acids is 4. The summed E-state index contributed by atoms with van der Waals surface area (Å²) < 4.78 is 68.8. The number of unbranched alkanes of at least 4 members (excludes halogenated alkanes) is 51. The van der Waals surface area contributed by atoms with Crippen LogP contribution in [0.25, 0.3) is 0 Å². The minimum absolute atomic E-state index is 0.108. The second-order valence-corrected chi connectivity index (χ2v) is 33.4. The van der Waals surface area contributed by atoms with E-state index in [1.165, 1.54) is 244 Å². The first kappa shape index (κ1) is 99.1. The highest BCUT2D eigenvalue weighted by atomic mass is 31.2. The summed E-state index contributed by atoms with van der Waals surface area (Å²) in [5.41, 5.74) is 0. The van der Waals surface area contributed by atoms with Crippen molar-refractivity contribution in [2.45, 2.75) is 452 Å². The van der Waals surface area contributed by atoms with E-state index in [9.17, 15) is 43.2 Å². The topological polar surface area (TPSA) is 237 Å². The molecule has 0 saturated carbocycles. The number of carbonyl (C=O) groups is 4. The minimum atomic E-state index is -4.96.